The Morgan fingerprint density at radius 1 is 1.58 bits per heavy atom. The predicted octanol–water partition coefficient (Wildman–Crippen LogP) is 1.97. The first-order valence-electron chi connectivity index (χ1n) is 3.45. The minimum atomic E-state index is 0.455. The highest BCUT2D eigenvalue weighted by atomic mass is 35.5. The summed E-state index contributed by atoms with van der Waals surface area (Å²) in [5, 5.41) is 0.455. The largest absolute Gasteiger partial charge is 0.368 e. The summed E-state index contributed by atoms with van der Waals surface area (Å²) in [6.45, 7) is 0. The van der Waals surface area contributed by atoms with E-state index >= 15 is 0 Å². The number of thiocarbonyl (C=S) groups is 1. The quantitative estimate of drug-likeness (QED) is 0.510. The molecule has 2 nitrogen and oxygen atoms in total. The van der Waals surface area contributed by atoms with Crippen molar-refractivity contribution in [2.45, 2.75) is 0 Å². The van der Waals surface area contributed by atoms with Gasteiger partial charge in [-0.25, -0.2) is 4.98 Å². The number of hydrogen-bond acceptors (Lipinski definition) is 2. The summed E-state index contributed by atoms with van der Waals surface area (Å²) >= 11 is 11.0. The molecule has 64 valence electrons. The van der Waals surface area contributed by atoms with Gasteiger partial charge in [-0.3, -0.25) is 0 Å². The maximum Gasteiger partial charge on any atom is 0.139 e. The predicted molar refractivity (Wildman–Crippen MR) is 54.6 cm³/mol. The van der Waals surface area contributed by atoms with Crippen LogP contribution in [0, 0.1) is 0 Å². The number of aromatic nitrogens is 1. The summed E-state index contributed by atoms with van der Waals surface area (Å²) in [6, 6.07) is 3.68. The second kappa shape index (κ2) is 3.83. The van der Waals surface area contributed by atoms with E-state index in [4.69, 9.17) is 23.8 Å². The Morgan fingerprint density at radius 2 is 2.25 bits per heavy atom. The third-order valence-corrected chi connectivity index (χ3v) is 2.28. The van der Waals surface area contributed by atoms with Crippen molar-refractivity contribution in [3.8, 4) is 0 Å². The van der Waals surface area contributed by atoms with Crippen LogP contribution in [0.5, 0.6) is 0 Å². The van der Waals surface area contributed by atoms with Gasteiger partial charge in [0.05, 0.1) is 0 Å². The van der Waals surface area contributed by atoms with Gasteiger partial charge in [0.25, 0.3) is 0 Å². The zero-order chi connectivity index (χ0) is 9.14. The Hall–Kier alpha value is -0.670. The fourth-order valence-corrected chi connectivity index (χ4v) is 1.22. The van der Waals surface area contributed by atoms with Crippen molar-refractivity contribution in [2.24, 2.45) is 0 Å². The highest BCUT2D eigenvalue weighted by molar-refractivity contribution is 7.80. The Balaban J connectivity index is 3.03. The van der Waals surface area contributed by atoms with Gasteiger partial charge in [-0.05, 0) is 12.1 Å². The zero-order valence-corrected chi connectivity index (χ0v) is 8.49. The molecular formula is C8H9ClN2S. The molecule has 0 aliphatic rings. The molecule has 0 aromatic carbocycles. The number of halogens is 1. The van der Waals surface area contributed by atoms with Gasteiger partial charge in [0.1, 0.15) is 10.1 Å². The molecule has 0 saturated heterocycles. The van der Waals surface area contributed by atoms with E-state index in [1.54, 1.807) is 6.20 Å². The number of hydrogen-bond donors (Lipinski definition) is 0. The first-order valence-corrected chi connectivity index (χ1v) is 4.23. The van der Waals surface area contributed by atoms with Crippen molar-refractivity contribution < 1.29 is 0 Å². The van der Waals surface area contributed by atoms with E-state index in [0.29, 0.717) is 10.1 Å². The van der Waals surface area contributed by atoms with E-state index in [0.717, 1.165) is 5.56 Å². The van der Waals surface area contributed by atoms with E-state index in [1.807, 2.05) is 31.1 Å². The van der Waals surface area contributed by atoms with Crippen LogP contribution in [0.25, 0.3) is 0 Å². The third kappa shape index (κ3) is 1.93. The lowest BCUT2D eigenvalue weighted by atomic mass is 10.3. The first kappa shape index (κ1) is 9.42. The van der Waals surface area contributed by atoms with E-state index < -0.39 is 0 Å². The second-order valence-electron chi connectivity index (χ2n) is 2.54. The van der Waals surface area contributed by atoms with Crippen LogP contribution in [0.2, 0.25) is 5.15 Å². The molecule has 0 N–H and O–H groups in total. The van der Waals surface area contributed by atoms with Crippen LogP contribution in [-0.4, -0.2) is 29.0 Å². The van der Waals surface area contributed by atoms with Crippen LogP contribution in [0.1, 0.15) is 5.56 Å². The van der Waals surface area contributed by atoms with Crippen molar-refractivity contribution in [3.05, 3.63) is 29.0 Å². The number of pyridine rings is 1. The Morgan fingerprint density at radius 3 is 2.75 bits per heavy atom. The van der Waals surface area contributed by atoms with Crippen molar-refractivity contribution >= 4 is 28.8 Å². The number of rotatable bonds is 1. The van der Waals surface area contributed by atoms with Crippen LogP contribution < -0.4 is 0 Å². The highest BCUT2D eigenvalue weighted by Gasteiger charge is 2.07. The maximum absolute atomic E-state index is 5.84. The molecule has 0 aliphatic heterocycles. The average molecular weight is 201 g/mol. The minimum absolute atomic E-state index is 0.455. The highest BCUT2D eigenvalue weighted by Crippen LogP contribution is 2.13. The van der Waals surface area contributed by atoms with E-state index in [2.05, 4.69) is 4.98 Å². The molecule has 0 aliphatic carbocycles. The SMILES string of the molecule is CN(C)C(=S)c1cccnc1Cl. The molecule has 0 atom stereocenters. The van der Waals surface area contributed by atoms with Crippen LogP contribution >= 0.6 is 23.8 Å². The molecule has 12 heavy (non-hydrogen) atoms. The van der Waals surface area contributed by atoms with Gasteiger partial charge in [0, 0.05) is 25.9 Å². The molecule has 0 spiro atoms. The van der Waals surface area contributed by atoms with Gasteiger partial charge in [-0.1, -0.05) is 23.8 Å². The van der Waals surface area contributed by atoms with Crippen LogP contribution in [0.3, 0.4) is 0 Å². The summed E-state index contributed by atoms with van der Waals surface area (Å²) in [5.41, 5.74) is 0.805. The summed E-state index contributed by atoms with van der Waals surface area (Å²) in [7, 11) is 3.76. The van der Waals surface area contributed by atoms with E-state index in [9.17, 15) is 0 Å². The molecule has 1 aromatic rings. The van der Waals surface area contributed by atoms with E-state index in [1.165, 1.54) is 0 Å². The lowest BCUT2D eigenvalue weighted by Gasteiger charge is -2.13. The summed E-state index contributed by atoms with van der Waals surface area (Å²) in [6.07, 6.45) is 1.64. The maximum atomic E-state index is 5.84. The van der Waals surface area contributed by atoms with Gasteiger partial charge < -0.3 is 4.90 Å². The van der Waals surface area contributed by atoms with Gasteiger partial charge >= 0.3 is 0 Å². The summed E-state index contributed by atoms with van der Waals surface area (Å²) in [4.78, 5) is 6.47. The van der Waals surface area contributed by atoms with Gasteiger partial charge in [-0.2, -0.15) is 0 Å². The number of nitrogens with zero attached hydrogens (tertiary/aromatic N) is 2. The Kier molecular flexibility index (Phi) is 3.00. The minimum Gasteiger partial charge on any atom is -0.368 e. The first-order chi connectivity index (χ1) is 5.63. The van der Waals surface area contributed by atoms with Gasteiger partial charge in [0.2, 0.25) is 0 Å². The smallest absolute Gasteiger partial charge is 0.139 e. The lowest BCUT2D eigenvalue weighted by Crippen LogP contribution is -2.20. The van der Waals surface area contributed by atoms with Crippen LogP contribution in [0.4, 0.5) is 0 Å². The molecule has 0 radical (unpaired) electrons. The van der Waals surface area contributed by atoms with Crippen molar-refractivity contribution in [1.29, 1.82) is 0 Å². The molecule has 0 bridgehead atoms. The fraction of sp³-hybridized carbons (Fsp3) is 0.250. The summed E-state index contributed by atoms with van der Waals surface area (Å²) in [5.74, 6) is 0. The molecule has 1 heterocycles. The zero-order valence-electron chi connectivity index (χ0n) is 6.91. The molecular weight excluding hydrogens is 192 g/mol. The lowest BCUT2D eigenvalue weighted by molar-refractivity contribution is 0.636. The normalized spacial score (nSPS) is 9.58. The summed E-state index contributed by atoms with van der Waals surface area (Å²) < 4.78 is 0. The Bertz CT molecular complexity index is 299. The molecule has 0 unspecified atom stereocenters. The van der Waals surface area contributed by atoms with Crippen molar-refractivity contribution in [3.63, 3.8) is 0 Å². The molecule has 1 rings (SSSR count). The van der Waals surface area contributed by atoms with Crippen molar-refractivity contribution in [1.82, 2.24) is 9.88 Å². The molecule has 0 amide bonds. The average Bonchev–Trinajstić information content (AvgIpc) is 2.04. The Labute approximate surface area is 82.2 Å². The topological polar surface area (TPSA) is 16.1 Å². The van der Waals surface area contributed by atoms with Crippen LogP contribution in [0.15, 0.2) is 18.3 Å². The van der Waals surface area contributed by atoms with Gasteiger partial charge in [-0.15, -0.1) is 0 Å². The monoisotopic (exact) mass is 200 g/mol. The standard InChI is InChI=1S/C8H9ClN2S/c1-11(2)8(12)6-4-3-5-10-7(6)9/h3-5H,1-2H3. The van der Waals surface area contributed by atoms with Crippen molar-refractivity contribution in [2.75, 3.05) is 14.1 Å². The molecule has 1 aromatic heterocycles. The van der Waals surface area contributed by atoms with Crippen LogP contribution in [-0.2, 0) is 0 Å². The van der Waals surface area contributed by atoms with E-state index in [-0.39, 0.29) is 0 Å². The molecule has 0 saturated carbocycles. The fourth-order valence-electron chi connectivity index (χ4n) is 0.786. The second-order valence-corrected chi connectivity index (χ2v) is 3.29. The molecule has 0 fully saturated rings. The van der Waals surface area contributed by atoms with Gasteiger partial charge in [0.15, 0.2) is 0 Å². The third-order valence-electron chi connectivity index (χ3n) is 1.40. The molecule has 4 heteroatoms.